The monoisotopic (exact) mass is 891 g/mol. The number of ether oxygens (including phenoxy) is 5. The third kappa shape index (κ3) is 13.9. The minimum atomic E-state index is -4.14. The molecule has 2 aliphatic rings. The molecule has 1 amide bonds. The van der Waals surface area contributed by atoms with Crippen LogP contribution in [0.4, 0.5) is 18.0 Å². The Morgan fingerprint density at radius 3 is 2.43 bits per heavy atom. The molecular formula is C40H44F3N5O11S2. The van der Waals surface area contributed by atoms with Crippen LogP contribution in [0.5, 0.6) is 0 Å². The Labute approximate surface area is 354 Å². The maximum absolute atomic E-state index is 15.8. The molecule has 2 saturated heterocycles. The van der Waals surface area contributed by atoms with E-state index in [4.69, 9.17) is 33.5 Å². The quantitative estimate of drug-likeness (QED) is 0.0763. The average Bonchev–Trinajstić information content (AvgIpc) is 3.72. The lowest BCUT2D eigenvalue weighted by molar-refractivity contribution is -0.172. The van der Waals surface area contributed by atoms with Gasteiger partial charge in [-0.05, 0) is 56.0 Å². The number of carbonyl (C=O) groups is 3. The highest BCUT2D eigenvalue weighted by molar-refractivity contribution is 8.00. The predicted molar refractivity (Wildman–Crippen MR) is 212 cm³/mol. The molecular weight excluding hydrogens is 848 g/mol. The summed E-state index contributed by atoms with van der Waals surface area (Å²) in [6, 6.07) is 8.77. The van der Waals surface area contributed by atoms with E-state index >= 15 is 4.39 Å². The molecule has 5 rings (SSSR count). The van der Waals surface area contributed by atoms with Gasteiger partial charge < -0.3 is 28.6 Å². The van der Waals surface area contributed by atoms with Crippen molar-refractivity contribution in [1.82, 2.24) is 19.7 Å². The van der Waals surface area contributed by atoms with Crippen LogP contribution in [-0.4, -0.2) is 106 Å². The van der Waals surface area contributed by atoms with E-state index in [1.54, 1.807) is 25.2 Å². The third-order valence-corrected chi connectivity index (χ3v) is 12.1. The van der Waals surface area contributed by atoms with E-state index in [-0.39, 0.29) is 74.2 Å². The van der Waals surface area contributed by atoms with Gasteiger partial charge in [0.05, 0.1) is 48.8 Å². The minimum Gasteiger partial charge on any atom is -0.425 e. The topological polar surface area (TPSA) is 209 Å². The number of halogens is 3. The molecule has 0 bridgehead atoms. The van der Waals surface area contributed by atoms with Crippen LogP contribution < -0.4 is 0 Å². The number of esters is 1. The lowest BCUT2D eigenvalue weighted by atomic mass is 9.89. The molecule has 0 spiro atoms. The summed E-state index contributed by atoms with van der Waals surface area (Å²) in [7, 11) is -4.14. The van der Waals surface area contributed by atoms with Gasteiger partial charge in [-0.25, -0.2) is 27.6 Å². The number of likely N-dealkylation sites (tertiary alicyclic amines) is 1. The van der Waals surface area contributed by atoms with Crippen LogP contribution in [0.2, 0.25) is 0 Å². The summed E-state index contributed by atoms with van der Waals surface area (Å²) < 4.78 is 105. The normalized spacial score (nSPS) is 19.5. The third-order valence-electron chi connectivity index (χ3n) is 9.76. The zero-order chi connectivity index (χ0) is 44.2. The van der Waals surface area contributed by atoms with Gasteiger partial charge in [-0.15, -0.1) is 11.8 Å². The fourth-order valence-electron chi connectivity index (χ4n) is 6.72. The summed E-state index contributed by atoms with van der Waals surface area (Å²) in [6.07, 6.45) is 5.32. The summed E-state index contributed by atoms with van der Waals surface area (Å²) in [5.41, 5.74) is -1.70. The van der Waals surface area contributed by atoms with Crippen molar-refractivity contribution < 1.29 is 64.2 Å². The molecule has 3 atom stereocenters. The van der Waals surface area contributed by atoms with Gasteiger partial charge in [0.15, 0.2) is 11.9 Å². The Hall–Kier alpha value is -5.27. The number of nitrogens with zero attached hydrogens (tertiary/aromatic N) is 5. The molecule has 2 aromatic carbocycles. The SMILES string of the molecule is CC(OC(=O)CCC(=O)N1CCC(CS(=O)(=O)O)CC1)OC(=O)O[C@@](Cn1cncn1)(c1ccc(F)cc1F)[C@@H](C)SC1COC(/C=C/C=C/c2ccc(C#N)cc2F)OC1. The highest BCUT2D eigenvalue weighted by Gasteiger charge is 2.47. The lowest BCUT2D eigenvalue weighted by Crippen LogP contribution is -2.47. The fourth-order valence-corrected chi connectivity index (χ4v) is 9.01. The summed E-state index contributed by atoms with van der Waals surface area (Å²) in [5.74, 6) is -4.40. The van der Waals surface area contributed by atoms with Gasteiger partial charge in [0.25, 0.3) is 10.1 Å². The van der Waals surface area contributed by atoms with Crippen LogP contribution in [0.15, 0.2) is 67.3 Å². The van der Waals surface area contributed by atoms with Gasteiger partial charge in [0.2, 0.25) is 12.2 Å². The number of rotatable bonds is 17. The van der Waals surface area contributed by atoms with Crippen LogP contribution in [0, 0.1) is 34.7 Å². The summed E-state index contributed by atoms with van der Waals surface area (Å²) in [6.45, 7) is 3.34. The largest absolute Gasteiger partial charge is 0.512 e. The van der Waals surface area contributed by atoms with E-state index in [2.05, 4.69) is 10.1 Å². The molecule has 61 heavy (non-hydrogen) atoms. The second-order valence-corrected chi connectivity index (χ2v) is 17.4. The van der Waals surface area contributed by atoms with Crippen LogP contribution in [0.3, 0.4) is 0 Å². The number of carbonyl (C=O) groups excluding carboxylic acids is 3. The molecule has 2 aliphatic heterocycles. The molecule has 3 aromatic rings. The standard InChI is InChI=1S/C40H44F3N5O11S2/c1-26(60-32-20-55-38(56-21-32)6-4-3-5-30-8-7-29(19-44)17-34(30)42)40(23-48-25-45-24-46-48,33-10-9-31(41)18-35(33)43)59-39(51)58-27(2)57-37(50)12-11-36(49)47-15-13-28(14-16-47)22-61(52,53)54/h3-10,17-18,24-28,32,38H,11-16,20-23H2,1-2H3,(H,52,53,54)/b5-3+,6-4+/t26-,27?,32?,38?,40-/m1/s1. The number of thioether (sulfide) groups is 1. The second-order valence-electron chi connectivity index (χ2n) is 14.2. The Kier molecular flexibility index (Phi) is 16.5. The van der Waals surface area contributed by atoms with E-state index in [1.807, 2.05) is 6.07 Å². The van der Waals surface area contributed by atoms with Gasteiger partial charge in [-0.2, -0.15) is 18.8 Å². The zero-order valence-electron chi connectivity index (χ0n) is 33.1. The van der Waals surface area contributed by atoms with Crippen LogP contribution in [0.25, 0.3) is 6.08 Å². The molecule has 2 fully saturated rings. The van der Waals surface area contributed by atoms with E-state index < -0.39 is 74.1 Å². The summed E-state index contributed by atoms with van der Waals surface area (Å²) in [4.78, 5) is 44.3. The fraction of sp³-hybridized carbons (Fsp3) is 0.450. The first-order valence-electron chi connectivity index (χ1n) is 19.1. The van der Waals surface area contributed by atoms with Crippen molar-refractivity contribution >= 4 is 46.0 Å². The van der Waals surface area contributed by atoms with Crippen molar-refractivity contribution in [3.63, 3.8) is 0 Å². The van der Waals surface area contributed by atoms with Gasteiger partial charge >= 0.3 is 12.1 Å². The minimum absolute atomic E-state index is 0.134. The van der Waals surface area contributed by atoms with Gasteiger partial charge in [-0.1, -0.05) is 24.3 Å². The molecule has 0 aliphatic carbocycles. The molecule has 21 heteroatoms. The lowest BCUT2D eigenvalue weighted by Gasteiger charge is -2.40. The number of benzene rings is 2. The first-order valence-corrected chi connectivity index (χ1v) is 21.6. The highest BCUT2D eigenvalue weighted by Crippen LogP contribution is 2.42. The summed E-state index contributed by atoms with van der Waals surface area (Å²) in [5, 5.41) is 11.8. The molecule has 1 unspecified atom stereocenters. The van der Waals surface area contributed by atoms with Gasteiger partial charge in [0, 0.05) is 48.9 Å². The molecule has 328 valence electrons. The van der Waals surface area contributed by atoms with Crippen molar-refractivity contribution in [3.8, 4) is 6.07 Å². The number of amides is 1. The number of aromatic nitrogens is 3. The maximum atomic E-state index is 15.8. The van der Waals surface area contributed by atoms with Crippen LogP contribution in [-0.2, 0) is 55.5 Å². The molecule has 3 heterocycles. The Morgan fingerprint density at radius 1 is 1.05 bits per heavy atom. The van der Waals surface area contributed by atoms with E-state index in [1.165, 1.54) is 59.1 Å². The Bertz CT molecular complexity index is 2210. The Morgan fingerprint density at radius 2 is 1.79 bits per heavy atom. The smallest absolute Gasteiger partial charge is 0.425 e. The number of nitriles is 1. The number of allylic oxidation sites excluding steroid dienone is 2. The van der Waals surface area contributed by atoms with E-state index in [9.17, 15) is 31.6 Å². The molecule has 0 saturated carbocycles. The Balaban J connectivity index is 1.21. The number of piperidine rings is 1. The van der Waals surface area contributed by atoms with Crippen molar-refractivity contribution in [2.24, 2.45) is 5.92 Å². The number of hydrogen-bond acceptors (Lipinski definition) is 14. The highest BCUT2D eigenvalue weighted by atomic mass is 32.2. The predicted octanol–water partition coefficient (Wildman–Crippen LogP) is 5.54. The van der Waals surface area contributed by atoms with Crippen LogP contribution in [0.1, 0.15) is 56.2 Å². The maximum Gasteiger partial charge on any atom is 0.512 e. The van der Waals surface area contributed by atoms with E-state index in [0.29, 0.717) is 18.9 Å². The van der Waals surface area contributed by atoms with Crippen molar-refractivity contribution in [2.75, 3.05) is 32.1 Å². The van der Waals surface area contributed by atoms with Crippen LogP contribution >= 0.6 is 11.8 Å². The molecule has 0 radical (unpaired) electrons. The molecule has 1 N–H and O–H groups in total. The van der Waals surface area contributed by atoms with Crippen molar-refractivity contribution in [1.29, 1.82) is 5.26 Å². The first kappa shape index (κ1) is 46.8. The first-order chi connectivity index (χ1) is 29.0. The number of hydrogen-bond donors (Lipinski definition) is 1. The van der Waals surface area contributed by atoms with Gasteiger partial charge in [0.1, 0.15) is 30.1 Å². The van der Waals surface area contributed by atoms with Gasteiger partial charge in [-0.3, -0.25) is 14.1 Å². The average molecular weight is 892 g/mol. The van der Waals surface area contributed by atoms with Crippen molar-refractivity contribution in [2.45, 2.75) is 74.8 Å². The second kappa shape index (κ2) is 21.5. The van der Waals surface area contributed by atoms with E-state index in [0.717, 1.165) is 18.2 Å². The summed E-state index contributed by atoms with van der Waals surface area (Å²) >= 11 is 1.22. The molecule has 1 aromatic heterocycles. The zero-order valence-corrected chi connectivity index (χ0v) is 34.7. The molecule has 16 nitrogen and oxygen atoms in total. The van der Waals surface area contributed by atoms with Crippen molar-refractivity contribution in [3.05, 3.63) is 101 Å².